The van der Waals surface area contributed by atoms with E-state index in [-0.39, 0.29) is 18.1 Å². The van der Waals surface area contributed by atoms with Gasteiger partial charge in [0.2, 0.25) is 10.0 Å². The average Bonchev–Trinajstić information content (AvgIpc) is 2.34. The van der Waals surface area contributed by atoms with E-state index in [0.29, 0.717) is 0 Å². The first-order valence-electron chi connectivity index (χ1n) is 5.88. The molecule has 0 aliphatic heterocycles. The summed E-state index contributed by atoms with van der Waals surface area (Å²) in [5, 5.41) is 8.93. The molecule has 0 amide bonds. The highest BCUT2D eigenvalue weighted by molar-refractivity contribution is 7.89. The number of hydrogen-bond donors (Lipinski definition) is 1. The van der Waals surface area contributed by atoms with E-state index in [2.05, 4.69) is 0 Å². The van der Waals surface area contributed by atoms with Gasteiger partial charge in [-0.2, -0.15) is 4.31 Å². The molecule has 112 valence electrons. The van der Waals surface area contributed by atoms with Crippen LogP contribution in [0.5, 0.6) is 0 Å². The molecule has 0 aliphatic carbocycles. The molecule has 8 heteroatoms. The maximum atomic E-state index is 13.7. The van der Waals surface area contributed by atoms with Crippen LogP contribution in [0.1, 0.15) is 13.8 Å². The Balaban J connectivity index is 3.15. The Bertz CT molecular complexity index is 605. The lowest BCUT2D eigenvalue weighted by Crippen LogP contribution is -2.37. The topological polar surface area (TPSA) is 74.7 Å². The molecule has 1 unspecified atom stereocenters. The fourth-order valence-electron chi connectivity index (χ4n) is 1.60. The second-order valence-corrected chi connectivity index (χ2v) is 6.61. The number of halogens is 2. The van der Waals surface area contributed by atoms with Gasteiger partial charge in [-0.3, -0.25) is 4.79 Å². The first kappa shape index (κ1) is 16.9. The van der Waals surface area contributed by atoms with E-state index in [4.69, 9.17) is 16.7 Å². The minimum atomic E-state index is -4.09. The molecule has 0 aliphatic rings. The number of benzene rings is 1. The Labute approximate surface area is 122 Å². The van der Waals surface area contributed by atoms with Gasteiger partial charge < -0.3 is 5.11 Å². The number of aliphatic carboxylic acids is 1. The highest BCUT2D eigenvalue weighted by atomic mass is 35.5. The summed E-state index contributed by atoms with van der Waals surface area (Å²) in [6, 6.07) is 3.25. The Morgan fingerprint density at radius 2 is 2.10 bits per heavy atom. The minimum absolute atomic E-state index is 0.0437. The third-order valence-corrected chi connectivity index (χ3v) is 4.97. The van der Waals surface area contributed by atoms with Crippen molar-refractivity contribution in [1.29, 1.82) is 0 Å². The average molecular weight is 324 g/mol. The minimum Gasteiger partial charge on any atom is -0.481 e. The summed E-state index contributed by atoms with van der Waals surface area (Å²) in [5.41, 5.74) is 0. The van der Waals surface area contributed by atoms with Gasteiger partial charge >= 0.3 is 5.97 Å². The van der Waals surface area contributed by atoms with Crippen LogP contribution in [0.25, 0.3) is 0 Å². The molecule has 1 N–H and O–H groups in total. The van der Waals surface area contributed by atoms with Gasteiger partial charge in [-0.1, -0.05) is 25.4 Å². The van der Waals surface area contributed by atoms with E-state index in [9.17, 15) is 17.6 Å². The maximum Gasteiger partial charge on any atom is 0.307 e. The summed E-state index contributed by atoms with van der Waals surface area (Å²) >= 11 is 5.58. The van der Waals surface area contributed by atoms with Crippen molar-refractivity contribution in [2.75, 3.05) is 13.1 Å². The third kappa shape index (κ3) is 3.68. The molecule has 0 fully saturated rings. The summed E-state index contributed by atoms with van der Waals surface area (Å²) < 4.78 is 39.3. The summed E-state index contributed by atoms with van der Waals surface area (Å²) in [5.74, 6) is -2.96. The second kappa shape index (κ2) is 6.51. The summed E-state index contributed by atoms with van der Waals surface area (Å²) in [4.78, 5) is 10.3. The fourth-order valence-corrected chi connectivity index (χ4v) is 3.35. The molecule has 1 rings (SSSR count). The molecule has 0 saturated carbocycles. The van der Waals surface area contributed by atoms with Crippen molar-refractivity contribution in [3.8, 4) is 0 Å². The summed E-state index contributed by atoms with van der Waals surface area (Å²) in [6.07, 6.45) is 0. The lowest BCUT2D eigenvalue weighted by Gasteiger charge is -2.22. The van der Waals surface area contributed by atoms with E-state index in [1.165, 1.54) is 13.0 Å². The number of sulfonamides is 1. The molecule has 1 atom stereocenters. The predicted molar refractivity (Wildman–Crippen MR) is 72.6 cm³/mol. The van der Waals surface area contributed by atoms with Crippen LogP contribution in [0.4, 0.5) is 4.39 Å². The molecule has 20 heavy (non-hydrogen) atoms. The van der Waals surface area contributed by atoms with Gasteiger partial charge in [-0.15, -0.1) is 0 Å². The Morgan fingerprint density at radius 1 is 1.50 bits per heavy atom. The monoisotopic (exact) mass is 323 g/mol. The van der Waals surface area contributed by atoms with Crippen LogP contribution in [0.15, 0.2) is 23.1 Å². The van der Waals surface area contributed by atoms with Crippen LogP contribution < -0.4 is 0 Å². The van der Waals surface area contributed by atoms with Crippen LogP contribution in [0.3, 0.4) is 0 Å². The molecular formula is C12H15ClFNO4S. The lowest BCUT2D eigenvalue weighted by molar-refractivity contribution is -0.141. The Morgan fingerprint density at radius 3 is 2.55 bits per heavy atom. The van der Waals surface area contributed by atoms with E-state index in [1.54, 1.807) is 6.92 Å². The van der Waals surface area contributed by atoms with Crippen molar-refractivity contribution in [2.24, 2.45) is 5.92 Å². The van der Waals surface area contributed by atoms with Gasteiger partial charge in [0.25, 0.3) is 0 Å². The molecule has 0 aromatic heterocycles. The van der Waals surface area contributed by atoms with Crippen molar-refractivity contribution in [3.05, 3.63) is 29.0 Å². The number of rotatable bonds is 6. The SMILES string of the molecule is CCN(CC(C)C(=O)O)S(=O)(=O)c1ccc(Cl)cc1F. The van der Waals surface area contributed by atoms with Crippen LogP contribution in [0.2, 0.25) is 5.02 Å². The van der Waals surface area contributed by atoms with Crippen molar-refractivity contribution in [2.45, 2.75) is 18.7 Å². The van der Waals surface area contributed by atoms with Gasteiger partial charge in [0.05, 0.1) is 5.92 Å². The molecule has 1 aromatic carbocycles. The number of carboxylic acid groups (broad SMARTS) is 1. The van der Waals surface area contributed by atoms with Crippen LogP contribution >= 0.6 is 11.6 Å². The highest BCUT2D eigenvalue weighted by Crippen LogP contribution is 2.23. The van der Waals surface area contributed by atoms with Crippen LogP contribution in [0, 0.1) is 11.7 Å². The second-order valence-electron chi connectivity index (χ2n) is 4.27. The maximum absolute atomic E-state index is 13.7. The van der Waals surface area contributed by atoms with Gasteiger partial charge in [0.15, 0.2) is 0 Å². The standard InChI is InChI=1S/C12H15ClFNO4S/c1-3-15(7-8(2)12(16)17)20(18,19)11-5-4-9(13)6-10(11)14/h4-6,8H,3,7H2,1-2H3,(H,16,17). The summed E-state index contributed by atoms with van der Waals surface area (Å²) in [7, 11) is -4.09. The zero-order chi connectivity index (χ0) is 15.5. The quantitative estimate of drug-likeness (QED) is 0.871. The van der Waals surface area contributed by atoms with Crippen molar-refractivity contribution in [1.82, 2.24) is 4.31 Å². The molecule has 0 radical (unpaired) electrons. The summed E-state index contributed by atoms with van der Waals surface area (Å²) in [6.45, 7) is 2.76. The molecular weight excluding hydrogens is 309 g/mol. The Kier molecular flexibility index (Phi) is 5.50. The van der Waals surface area contributed by atoms with Gasteiger partial charge in [-0.05, 0) is 18.2 Å². The van der Waals surface area contributed by atoms with Crippen molar-refractivity contribution in [3.63, 3.8) is 0 Å². The Hall–Kier alpha value is -1.18. The molecule has 1 aromatic rings. The van der Waals surface area contributed by atoms with Crippen LogP contribution in [-0.4, -0.2) is 36.9 Å². The number of carboxylic acids is 1. The van der Waals surface area contributed by atoms with Gasteiger partial charge in [-0.25, -0.2) is 12.8 Å². The largest absolute Gasteiger partial charge is 0.481 e. The molecule has 0 bridgehead atoms. The molecule has 5 nitrogen and oxygen atoms in total. The van der Waals surface area contributed by atoms with Gasteiger partial charge in [0.1, 0.15) is 10.7 Å². The van der Waals surface area contributed by atoms with Crippen molar-refractivity contribution >= 4 is 27.6 Å². The number of nitrogens with zero attached hydrogens (tertiary/aromatic N) is 1. The fraction of sp³-hybridized carbons (Fsp3) is 0.417. The van der Waals surface area contributed by atoms with Crippen LogP contribution in [-0.2, 0) is 14.8 Å². The highest BCUT2D eigenvalue weighted by Gasteiger charge is 2.29. The normalized spacial score (nSPS) is 13.4. The van der Waals surface area contributed by atoms with E-state index >= 15 is 0 Å². The zero-order valence-electron chi connectivity index (χ0n) is 11.0. The molecule has 0 saturated heterocycles. The van der Waals surface area contributed by atoms with Crippen molar-refractivity contribution < 1.29 is 22.7 Å². The molecule has 0 spiro atoms. The molecule has 0 heterocycles. The first-order valence-corrected chi connectivity index (χ1v) is 7.70. The van der Waals surface area contributed by atoms with E-state index in [0.717, 1.165) is 16.4 Å². The zero-order valence-corrected chi connectivity index (χ0v) is 12.6. The third-order valence-electron chi connectivity index (χ3n) is 2.76. The smallest absolute Gasteiger partial charge is 0.307 e. The van der Waals surface area contributed by atoms with Gasteiger partial charge in [0, 0.05) is 18.1 Å². The first-order chi connectivity index (χ1) is 9.20. The lowest BCUT2D eigenvalue weighted by atomic mass is 10.2. The van der Waals surface area contributed by atoms with E-state index in [1.807, 2.05) is 0 Å². The van der Waals surface area contributed by atoms with E-state index < -0.39 is 32.6 Å². The number of carbonyl (C=O) groups is 1. The number of hydrogen-bond acceptors (Lipinski definition) is 3. The predicted octanol–water partition coefficient (Wildman–Crippen LogP) is 2.21.